The van der Waals surface area contributed by atoms with Crippen LogP contribution in [-0.2, 0) is 16.0 Å². The van der Waals surface area contributed by atoms with Crippen LogP contribution in [0.2, 0.25) is 0 Å². The summed E-state index contributed by atoms with van der Waals surface area (Å²) in [6.07, 6.45) is 6.34. The van der Waals surface area contributed by atoms with Crippen molar-refractivity contribution < 1.29 is 19.0 Å². The lowest BCUT2D eigenvalue weighted by molar-refractivity contribution is -0.137. The molecule has 0 aromatic heterocycles. The van der Waals surface area contributed by atoms with Gasteiger partial charge in [-0.05, 0) is 78.2 Å². The molecule has 0 saturated heterocycles. The Bertz CT molecular complexity index is 1340. The number of unbranched alkanes of at least 4 members (excludes halogenated alkanes) is 1. The summed E-state index contributed by atoms with van der Waals surface area (Å²) in [5.41, 5.74) is 4.40. The molecule has 0 aliphatic rings. The van der Waals surface area contributed by atoms with Gasteiger partial charge in [0, 0.05) is 17.0 Å². The Morgan fingerprint density at radius 3 is 2.33 bits per heavy atom. The third-order valence-electron chi connectivity index (χ3n) is 6.04. The highest BCUT2D eigenvalue weighted by Crippen LogP contribution is 2.43. The predicted molar refractivity (Wildman–Crippen MR) is 147 cm³/mol. The number of rotatable bonds is 10. The number of esters is 1. The van der Waals surface area contributed by atoms with Crippen molar-refractivity contribution in [3.05, 3.63) is 96.1 Å². The molecule has 4 heteroatoms. The summed E-state index contributed by atoms with van der Waals surface area (Å²) in [4.78, 5) is 11.6. The van der Waals surface area contributed by atoms with Crippen LogP contribution in [0.1, 0.15) is 37.8 Å². The lowest BCUT2D eigenvalue weighted by Gasteiger charge is -2.19. The molecule has 0 fully saturated rings. The van der Waals surface area contributed by atoms with E-state index in [9.17, 15) is 4.79 Å². The second kappa shape index (κ2) is 12.1. The second-order valence-corrected chi connectivity index (χ2v) is 8.55. The summed E-state index contributed by atoms with van der Waals surface area (Å²) in [6.45, 7) is 4.36. The van der Waals surface area contributed by atoms with Gasteiger partial charge in [-0.15, -0.1) is 0 Å². The van der Waals surface area contributed by atoms with E-state index in [-0.39, 0.29) is 5.97 Å². The average Bonchev–Trinajstić information content (AvgIpc) is 2.91. The molecular formula is C32H32O4. The fourth-order valence-electron chi connectivity index (χ4n) is 4.25. The first-order valence-corrected chi connectivity index (χ1v) is 12.4. The van der Waals surface area contributed by atoms with Crippen molar-refractivity contribution >= 4 is 22.8 Å². The molecule has 4 nitrogen and oxygen atoms in total. The normalized spacial score (nSPS) is 11.1. The lowest BCUT2D eigenvalue weighted by atomic mass is 9.91. The minimum atomic E-state index is -0.351. The summed E-state index contributed by atoms with van der Waals surface area (Å²) in [7, 11) is 1.69. The Kier molecular flexibility index (Phi) is 8.40. The van der Waals surface area contributed by atoms with Crippen LogP contribution in [0.3, 0.4) is 0 Å². The zero-order valence-corrected chi connectivity index (χ0v) is 21.1. The van der Waals surface area contributed by atoms with E-state index >= 15 is 0 Å². The fraction of sp³-hybridized carbons (Fsp3) is 0.219. The molecule has 0 N–H and O–H groups in total. The molecular weight excluding hydrogens is 448 g/mol. The molecule has 0 saturated carbocycles. The summed E-state index contributed by atoms with van der Waals surface area (Å²) in [6, 6.07) is 26.5. The van der Waals surface area contributed by atoms with Crippen LogP contribution in [0.15, 0.2) is 84.9 Å². The molecule has 36 heavy (non-hydrogen) atoms. The van der Waals surface area contributed by atoms with E-state index in [1.165, 1.54) is 11.6 Å². The third kappa shape index (κ3) is 5.95. The molecule has 184 valence electrons. The Morgan fingerprint density at radius 1 is 0.889 bits per heavy atom. The molecule has 0 bridgehead atoms. The quantitative estimate of drug-likeness (QED) is 0.169. The molecule has 0 aliphatic heterocycles. The number of carbonyl (C=O) groups excluding carboxylic acids is 1. The maximum Gasteiger partial charge on any atom is 0.330 e. The molecule has 4 aromatic rings. The summed E-state index contributed by atoms with van der Waals surface area (Å²) in [5, 5.41) is 2.12. The first kappa shape index (κ1) is 25.1. The zero-order valence-electron chi connectivity index (χ0n) is 21.1. The molecule has 4 aromatic carbocycles. The number of hydrogen-bond acceptors (Lipinski definition) is 4. The number of aryl methyl sites for hydroxylation is 1. The molecule has 0 unspecified atom stereocenters. The first-order chi connectivity index (χ1) is 17.6. The number of fused-ring (bicyclic) bond motifs is 1. The van der Waals surface area contributed by atoms with Gasteiger partial charge in [-0.25, -0.2) is 4.79 Å². The number of hydrogen-bond donors (Lipinski definition) is 0. The van der Waals surface area contributed by atoms with E-state index in [0.29, 0.717) is 6.61 Å². The van der Waals surface area contributed by atoms with E-state index in [0.717, 1.165) is 64.0 Å². The number of benzene rings is 4. The van der Waals surface area contributed by atoms with Gasteiger partial charge in [0.15, 0.2) is 0 Å². The standard InChI is InChI=1S/C32H32O4/c1-4-6-10-25-21-26-22-28(34-3)18-19-29(26)32(31(25)24-11-8-7-9-12-24)36-27-16-13-23(14-17-27)15-20-30(33)35-5-2/h7-9,11-22H,4-6,10H2,1-3H3. The van der Waals surface area contributed by atoms with Crippen molar-refractivity contribution in [2.45, 2.75) is 33.1 Å². The maximum absolute atomic E-state index is 11.6. The smallest absolute Gasteiger partial charge is 0.330 e. The molecule has 0 heterocycles. The Balaban J connectivity index is 1.80. The second-order valence-electron chi connectivity index (χ2n) is 8.55. The van der Waals surface area contributed by atoms with Crippen molar-refractivity contribution in [1.29, 1.82) is 0 Å². The van der Waals surface area contributed by atoms with Gasteiger partial charge in [-0.2, -0.15) is 0 Å². The monoisotopic (exact) mass is 480 g/mol. The number of carbonyl (C=O) groups is 1. The lowest BCUT2D eigenvalue weighted by Crippen LogP contribution is -1.98. The highest BCUT2D eigenvalue weighted by molar-refractivity contribution is 5.98. The minimum absolute atomic E-state index is 0.351. The summed E-state index contributed by atoms with van der Waals surface area (Å²) in [5.74, 6) is 2.03. The average molecular weight is 481 g/mol. The maximum atomic E-state index is 11.6. The number of methoxy groups -OCH3 is 1. The Hall–Kier alpha value is -4.05. The summed E-state index contributed by atoms with van der Waals surface area (Å²) >= 11 is 0. The SMILES string of the molecule is CCCCc1cc2cc(OC)ccc2c(Oc2ccc(C=CC(=O)OCC)cc2)c1-c1ccccc1. The van der Waals surface area contributed by atoms with Crippen molar-refractivity contribution in [2.24, 2.45) is 0 Å². The number of ether oxygens (including phenoxy) is 3. The van der Waals surface area contributed by atoms with Crippen molar-refractivity contribution in [3.8, 4) is 28.4 Å². The van der Waals surface area contributed by atoms with E-state index < -0.39 is 0 Å². The molecule has 0 spiro atoms. The Labute approximate surface area is 213 Å². The van der Waals surface area contributed by atoms with Gasteiger partial charge in [-0.1, -0.05) is 61.9 Å². The van der Waals surface area contributed by atoms with Gasteiger partial charge in [-0.3, -0.25) is 0 Å². The van der Waals surface area contributed by atoms with Crippen molar-refractivity contribution in [2.75, 3.05) is 13.7 Å². The van der Waals surface area contributed by atoms with Crippen molar-refractivity contribution in [1.82, 2.24) is 0 Å². The van der Waals surface area contributed by atoms with Crippen molar-refractivity contribution in [3.63, 3.8) is 0 Å². The van der Waals surface area contributed by atoms with Crippen LogP contribution in [-0.4, -0.2) is 19.7 Å². The largest absolute Gasteiger partial charge is 0.497 e. The minimum Gasteiger partial charge on any atom is -0.497 e. The van der Waals surface area contributed by atoms with Crippen LogP contribution >= 0.6 is 0 Å². The van der Waals surface area contributed by atoms with Gasteiger partial charge in [0.1, 0.15) is 17.2 Å². The fourth-order valence-corrected chi connectivity index (χ4v) is 4.25. The van der Waals surface area contributed by atoms with Gasteiger partial charge >= 0.3 is 5.97 Å². The van der Waals surface area contributed by atoms with Crippen LogP contribution in [0.25, 0.3) is 28.0 Å². The molecule has 0 atom stereocenters. The Morgan fingerprint density at radius 2 is 1.64 bits per heavy atom. The predicted octanol–water partition coefficient (Wildman–Crippen LogP) is 8.23. The molecule has 0 aliphatic carbocycles. The highest BCUT2D eigenvalue weighted by Gasteiger charge is 2.18. The van der Waals surface area contributed by atoms with Gasteiger partial charge in [0.2, 0.25) is 0 Å². The van der Waals surface area contributed by atoms with E-state index in [1.807, 2.05) is 36.4 Å². The van der Waals surface area contributed by atoms with E-state index in [2.05, 4.69) is 49.4 Å². The molecule has 0 radical (unpaired) electrons. The van der Waals surface area contributed by atoms with E-state index in [1.54, 1.807) is 20.1 Å². The van der Waals surface area contributed by atoms with E-state index in [4.69, 9.17) is 14.2 Å². The zero-order chi connectivity index (χ0) is 25.3. The van der Waals surface area contributed by atoms with Crippen LogP contribution in [0.4, 0.5) is 0 Å². The van der Waals surface area contributed by atoms with Gasteiger partial charge < -0.3 is 14.2 Å². The highest BCUT2D eigenvalue weighted by atomic mass is 16.5. The van der Waals surface area contributed by atoms with Crippen LogP contribution < -0.4 is 9.47 Å². The molecule has 4 rings (SSSR count). The first-order valence-electron chi connectivity index (χ1n) is 12.4. The molecule has 0 amide bonds. The van der Waals surface area contributed by atoms with Gasteiger partial charge in [0.05, 0.1) is 13.7 Å². The van der Waals surface area contributed by atoms with Crippen LogP contribution in [0, 0.1) is 0 Å². The van der Waals surface area contributed by atoms with Crippen LogP contribution in [0.5, 0.6) is 17.2 Å². The summed E-state index contributed by atoms with van der Waals surface area (Å²) < 4.78 is 17.1. The van der Waals surface area contributed by atoms with Gasteiger partial charge in [0.25, 0.3) is 0 Å². The topological polar surface area (TPSA) is 44.8 Å². The third-order valence-corrected chi connectivity index (χ3v) is 6.04.